The number of hydrogen-bond donors (Lipinski definition) is 0. The van der Waals surface area contributed by atoms with Gasteiger partial charge in [-0.2, -0.15) is 4.99 Å². The second-order valence-corrected chi connectivity index (χ2v) is 3.67. The molecule has 84 valence electrons. The fraction of sp³-hybridized carbons (Fsp3) is 0.143. The fourth-order valence-electron chi connectivity index (χ4n) is 1.69. The van der Waals surface area contributed by atoms with Gasteiger partial charge < -0.3 is 0 Å². The number of rotatable bonds is 4. The van der Waals surface area contributed by atoms with E-state index in [2.05, 4.69) is 9.98 Å². The summed E-state index contributed by atoms with van der Waals surface area (Å²) < 4.78 is 0. The zero-order valence-corrected chi connectivity index (χ0v) is 9.28. The minimum atomic E-state index is -0.205. The van der Waals surface area contributed by atoms with E-state index in [-0.39, 0.29) is 6.04 Å². The van der Waals surface area contributed by atoms with E-state index >= 15 is 0 Å². The quantitative estimate of drug-likeness (QED) is 0.592. The molecule has 3 heteroatoms. The van der Waals surface area contributed by atoms with Crippen molar-refractivity contribution in [1.82, 2.24) is 4.98 Å². The number of hydrogen-bond acceptors (Lipinski definition) is 3. The van der Waals surface area contributed by atoms with Gasteiger partial charge >= 0.3 is 0 Å². The van der Waals surface area contributed by atoms with Crippen LogP contribution in [0.5, 0.6) is 0 Å². The molecule has 1 atom stereocenters. The summed E-state index contributed by atoms with van der Waals surface area (Å²) >= 11 is 0. The normalized spacial score (nSPS) is 11.5. The fourth-order valence-corrected chi connectivity index (χ4v) is 1.69. The highest BCUT2D eigenvalue weighted by Crippen LogP contribution is 2.20. The molecule has 1 aromatic carbocycles. The van der Waals surface area contributed by atoms with Crippen molar-refractivity contribution in [3.05, 3.63) is 66.0 Å². The smallest absolute Gasteiger partial charge is 0.235 e. The van der Waals surface area contributed by atoms with Gasteiger partial charge in [0.2, 0.25) is 6.08 Å². The molecule has 3 nitrogen and oxygen atoms in total. The Hall–Kier alpha value is -2.25. The first kappa shape index (κ1) is 11.2. The van der Waals surface area contributed by atoms with Crippen molar-refractivity contribution in [2.75, 3.05) is 0 Å². The van der Waals surface area contributed by atoms with Crippen LogP contribution in [0.2, 0.25) is 0 Å². The molecular formula is C14H12N2O. The third-order valence-corrected chi connectivity index (χ3v) is 2.52. The molecule has 0 bridgehead atoms. The van der Waals surface area contributed by atoms with Gasteiger partial charge in [-0.25, -0.2) is 4.79 Å². The van der Waals surface area contributed by atoms with Crippen LogP contribution in [0.3, 0.4) is 0 Å². The van der Waals surface area contributed by atoms with Gasteiger partial charge in [0.15, 0.2) is 0 Å². The molecular weight excluding hydrogens is 212 g/mol. The Morgan fingerprint density at radius 1 is 1.12 bits per heavy atom. The predicted molar refractivity (Wildman–Crippen MR) is 65.2 cm³/mol. The van der Waals surface area contributed by atoms with Gasteiger partial charge in [0.05, 0.1) is 6.04 Å². The summed E-state index contributed by atoms with van der Waals surface area (Å²) in [6.45, 7) is 0. The van der Waals surface area contributed by atoms with Crippen LogP contribution in [0.4, 0.5) is 0 Å². The van der Waals surface area contributed by atoms with Crippen molar-refractivity contribution < 1.29 is 4.79 Å². The molecule has 0 N–H and O–H groups in total. The van der Waals surface area contributed by atoms with E-state index in [9.17, 15) is 4.79 Å². The molecule has 1 heterocycles. The van der Waals surface area contributed by atoms with Crippen LogP contribution in [0.1, 0.15) is 17.3 Å². The number of nitrogens with zero attached hydrogens (tertiary/aromatic N) is 2. The molecule has 1 aromatic heterocycles. The molecule has 17 heavy (non-hydrogen) atoms. The highest BCUT2D eigenvalue weighted by atomic mass is 16.1. The molecule has 2 rings (SSSR count). The largest absolute Gasteiger partial charge is 0.261 e. The van der Waals surface area contributed by atoms with Crippen molar-refractivity contribution in [2.45, 2.75) is 12.5 Å². The SMILES string of the molecule is O=C=NC(Cc1ccccn1)c1ccccc1. The van der Waals surface area contributed by atoms with Crippen LogP contribution in [0.15, 0.2) is 59.7 Å². The second kappa shape index (κ2) is 5.73. The maximum Gasteiger partial charge on any atom is 0.235 e. The van der Waals surface area contributed by atoms with Crippen molar-refractivity contribution >= 4 is 6.08 Å². The zero-order chi connectivity index (χ0) is 11.9. The molecule has 0 spiro atoms. The zero-order valence-electron chi connectivity index (χ0n) is 9.28. The summed E-state index contributed by atoms with van der Waals surface area (Å²) in [6.07, 6.45) is 3.98. The molecule has 0 aliphatic carbocycles. The summed E-state index contributed by atoms with van der Waals surface area (Å²) in [5, 5.41) is 0. The predicted octanol–water partition coefficient (Wildman–Crippen LogP) is 2.70. The summed E-state index contributed by atoms with van der Waals surface area (Å²) in [5.41, 5.74) is 1.92. The topological polar surface area (TPSA) is 42.3 Å². The summed E-state index contributed by atoms with van der Waals surface area (Å²) in [6, 6.07) is 15.2. The van der Waals surface area contributed by atoms with Crippen molar-refractivity contribution in [2.24, 2.45) is 4.99 Å². The molecule has 0 aliphatic rings. The van der Waals surface area contributed by atoms with Crippen LogP contribution in [-0.4, -0.2) is 11.1 Å². The number of aromatic nitrogens is 1. The summed E-state index contributed by atoms with van der Waals surface area (Å²) in [4.78, 5) is 18.5. The van der Waals surface area contributed by atoms with Crippen molar-refractivity contribution in [3.8, 4) is 0 Å². The number of pyridine rings is 1. The van der Waals surface area contributed by atoms with Gasteiger partial charge in [-0.05, 0) is 17.7 Å². The lowest BCUT2D eigenvalue weighted by atomic mass is 10.0. The lowest BCUT2D eigenvalue weighted by Gasteiger charge is -2.10. The van der Waals surface area contributed by atoms with Gasteiger partial charge in [-0.1, -0.05) is 36.4 Å². The molecule has 0 fully saturated rings. The Labute approximate surface area is 99.9 Å². The van der Waals surface area contributed by atoms with Gasteiger partial charge in [0.1, 0.15) is 0 Å². The first-order valence-electron chi connectivity index (χ1n) is 5.42. The van der Waals surface area contributed by atoms with E-state index in [0.717, 1.165) is 11.3 Å². The molecule has 2 aromatic rings. The van der Waals surface area contributed by atoms with E-state index < -0.39 is 0 Å². The Morgan fingerprint density at radius 3 is 2.53 bits per heavy atom. The molecule has 0 saturated heterocycles. The Kier molecular flexibility index (Phi) is 3.79. The monoisotopic (exact) mass is 224 g/mol. The first-order chi connectivity index (χ1) is 8.40. The highest BCUT2D eigenvalue weighted by molar-refractivity contribution is 5.36. The van der Waals surface area contributed by atoms with Crippen LogP contribution in [0.25, 0.3) is 0 Å². The molecule has 0 aliphatic heterocycles. The first-order valence-corrected chi connectivity index (χ1v) is 5.42. The average Bonchev–Trinajstić information content (AvgIpc) is 2.40. The van der Waals surface area contributed by atoms with E-state index in [1.54, 1.807) is 12.3 Å². The average molecular weight is 224 g/mol. The van der Waals surface area contributed by atoms with E-state index in [1.807, 2.05) is 48.5 Å². The standard InChI is InChI=1S/C14H12N2O/c17-11-16-14(12-6-2-1-3-7-12)10-13-8-4-5-9-15-13/h1-9,14H,10H2. The van der Waals surface area contributed by atoms with Crippen molar-refractivity contribution in [1.29, 1.82) is 0 Å². The summed E-state index contributed by atoms with van der Waals surface area (Å²) in [7, 11) is 0. The number of benzene rings is 1. The maximum atomic E-state index is 10.5. The second-order valence-electron chi connectivity index (χ2n) is 3.67. The lowest BCUT2D eigenvalue weighted by Crippen LogP contribution is -2.01. The maximum absolute atomic E-state index is 10.5. The Morgan fingerprint density at radius 2 is 1.88 bits per heavy atom. The van der Waals surface area contributed by atoms with Gasteiger partial charge in [0, 0.05) is 18.3 Å². The minimum Gasteiger partial charge on any atom is -0.261 e. The minimum absolute atomic E-state index is 0.205. The van der Waals surface area contributed by atoms with Gasteiger partial charge in [0.25, 0.3) is 0 Å². The van der Waals surface area contributed by atoms with Crippen LogP contribution < -0.4 is 0 Å². The number of carbonyl (C=O) groups excluding carboxylic acids is 1. The van der Waals surface area contributed by atoms with Crippen LogP contribution in [-0.2, 0) is 11.2 Å². The van der Waals surface area contributed by atoms with Gasteiger partial charge in [-0.3, -0.25) is 4.98 Å². The molecule has 1 unspecified atom stereocenters. The van der Waals surface area contributed by atoms with E-state index in [1.165, 1.54) is 0 Å². The number of isocyanates is 1. The van der Waals surface area contributed by atoms with Gasteiger partial charge in [-0.15, -0.1) is 0 Å². The third-order valence-electron chi connectivity index (χ3n) is 2.52. The van der Waals surface area contributed by atoms with Crippen molar-refractivity contribution in [3.63, 3.8) is 0 Å². The van der Waals surface area contributed by atoms with E-state index in [0.29, 0.717) is 6.42 Å². The molecule has 0 saturated carbocycles. The van der Waals surface area contributed by atoms with Crippen LogP contribution in [0, 0.1) is 0 Å². The number of aliphatic imine (C=N–C) groups is 1. The Balaban J connectivity index is 2.22. The highest BCUT2D eigenvalue weighted by Gasteiger charge is 2.11. The van der Waals surface area contributed by atoms with Crippen LogP contribution >= 0.6 is 0 Å². The van der Waals surface area contributed by atoms with E-state index in [4.69, 9.17) is 0 Å². The molecule has 0 radical (unpaired) electrons. The third kappa shape index (κ3) is 3.10. The Bertz CT molecular complexity index is 504. The molecule has 0 amide bonds. The summed E-state index contributed by atoms with van der Waals surface area (Å²) in [5.74, 6) is 0. The lowest BCUT2D eigenvalue weighted by molar-refractivity contribution is 0.556.